The summed E-state index contributed by atoms with van der Waals surface area (Å²) in [5.41, 5.74) is 2.93. The Hall–Kier alpha value is -4.84. The number of likely N-dealkylation sites (N-methyl/N-ethyl adjacent to an activating group) is 1. The summed E-state index contributed by atoms with van der Waals surface area (Å²) in [6, 6.07) is 14.4. The fraction of sp³-hybridized carbons (Fsp3) is 0.115. The van der Waals surface area contributed by atoms with Crippen LogP contribution in [0.25, 0.3) is 17.3 Å². The van der Waals surface area contributed by atoms with Gasteiger partial charge in [0.25, 0.3) is 5.91 Å². The van der Waals surface area contributed by atoms with Gasteiger partial charge in [0.2, 0.25) is 5.95 Å². The van der Waals surface area contributed by atoms with Crippen LogP contribution in [0.3, 0.4) is 0 Å². The molecule has 0 saturated heterocycles. The molecule has 0 radical (unpaired) electrons. The van der Waals surface area contributed by atoms with E-state index in [4.69, 9.17) is 4.98 Å². The summed E-state index contributed by atoms with van der Waals surface area (Å²) < 4.78 is 15.2. The average molecular weight is 465 g/mol. The zero-order valence-corrected chi connectivity index (χ0v) is 19.1. The zero-order valence-electron chi connectivity index (χ0n) is 19.1. The first-order chi connectivity index (χ1) is 16.9. The molecule has 0 saturated carbocycles. The van der Waals surface area contributed by atoms with Crippen LogP contribution in [0.5, 0.6) is 0 Å². The molecule has 35 heavy (non-hydrogen) atoms. The lowest BCUT2D eigenvalue weighted by atomic mass is 10.0. The molecule has 0 aliphatic carbocycles. The van der Waals surface area contributed by atoms with Crippen LogP contribution in [0.2, 0.25) is 0 Å². The summed E-state index contributed by atoms with van der Waals surface area (Å²) in [4.78, 5) is 30.3. The molecule has 3 heterocycles. The number of nitrogens with zero attached hydrogens (tertiary/aromatic N) is 7. The quantitative estimate of drug-likeness (QED) is 0.415. The average Bonchev–Trinajstić information content (AvgIpc) is 3.36. The summed E-state index contributed by atoms with van der Waals surface area (Å²) in [5, 5.41) is 9.43. The van der Waals surface area contributed by atoms with Crippen molar-refractivity contribution in [3.63, 3.8) is 0 Å². The molecule has 1 aliphatic rings. The molecule has 2 aromatic carbocycles. The minimum absolute atomic E-state index is 0.182. The van der Waals surface area contributed by atoms with Crippen LogP contribution in [0.4, 0.5) is 21.6 Å². The summed E-state index contributed by atoms with van der Waals surface area (Å²) in [5.74, 6) is 0.827. The van der Waals surface area contributed by atoms with Gasteiger partial charge in [0.1, 0.15) is 23.4 Å². The van der Waals surface area contributed by atoms with Crippen LogP contribution in [0.15, 0.2) is 79.3 Å². The van der Waals surface area contributed by atoms with E-state index in [9.17, 15) is 14.4 Å². The second kappa shape index (κ2) is 8.50. The number of carbonyl (C=O) groups excluding carboxylic acids is 1. The first kappa shape index (κ1) is 22.0. The van der Waals surface area contributed by atoms with Gasteiger partial charge in [-0.25, -0.2) is 14.4 Å². The van der Waals surface area contributed by atoms with Gasteiger partial charge in [0.05, 0.1) is 17.8 Å². The topological polar surface area (TPSA) is 90.9 Å². The largest absolute Gasteiger partial charge is 0.309 e. The predicted molar refractivity (Wildman–Crippen MR) is 130 cm³/mol. The van der Waals surface area contributed by atoms with Gasteiger partial charge in [0.15, 0.2) is 5.82 Å². The Morgan fingerprint density at radius 1 is 1.17 bits per heavy atom. The molecule has 8 nitrogen and oxygen atoms in total. The summed E-state index contributed by atoms with van der Waals surface area (Å²) >= 11 is 0. The first-order valence-corrected chi connectivity index (χ1v) is 10.8. The normalized spacial score (nSPS) is 15.0. The van der Waals surface area contributed by atoms with Crippen molar-refractivity contribution in [1.82, 2.24) is 19.5 Å². The Bertz CT molecular complexity index is 1500. The molecule has 0 N–H and O–H groups in total. The second-order valence-electron chi connectivity index (χ2n) is 8.18. The number of amides is 1. The number of hydrogen-bond donors (Lipinski definition) is 0. The molecule has 0 bridgehead atoms. The lowest BCUT2D eigenvalue weighted by Gasteiger charge is -2.40. The van der Waals surface area contributed by atoms with Crippen LogP contribution in [0, 0.1) is 17.1 Å². The van der Waals surface area contributed by atoms with E-state index in [-0.39, 0.29) is 11.7 Å². The SMILES string of the molecule is C=C(C)C1C(=O)N(C)c2cnc(-n3ccnc3-c3ccc(F)cc3)nc2N1c1cccc(C#N)c1. The third-order valence-electron chi connectivity index (χ3n) is 5.83. The zero-order chi connectivity index (χ0) is 24.7. The fourth-order valence-corrected chi connectivity index (χ4v) is 4.13. The summed E-state index contributed by atoms with van der Waals surface area (Å²) in [7, 11) is 1.67. The first-order valence-electron chi connectivity index (χ1n) is 10.8. The highest BCUT2D eigenvalue weighted by atomic mass is 19.1. The molecule has 1 atom stereocenters. The number of aromatic nitrogens is 4. The molecule has 0 spiro atoms. The Labute approximate surface area is 201 Å². The van der Waals surface area contributed by atoms with Gasteiger partial charge in [-0.15, -0.1) is 0 Å². The highest BCUT2D eigenvalue weighted by Crippen LogP contribution is 2.40. The Kier molecular flexibility index (Phi) is 5.34. The lowest BCUT2D eigenvalue weighted by Crippen LogP contribution is -2.51. The maximum absolute atomic E-state index is 13.5. The van der Waals surface area contributed by atoms with Gasteiger partial charge >= 0.3 is 0 Å². The van der Waals surface area contributed by atoms with Crippen molar-refractivity contribution in [3.05, 3.63) is 90.7 Å². The third-order valence-corrected chi connectivity index (χ3v) is 5.83. The maximum atomic E-state index is 13.5. The molecule has 1 amide bonds. The number of imidazole rings is 1. The van der Waals surface area contributed by atoms with Gasteiger partial charge in [-0.3, -0.25) is 9.36 Å². The van der Waals surface area contributed by atoms with Crippen molar-refractivity contribution in [2.45, 2.75) is 13.0 Å². The number of rotatable bonds is 4. The molecule has 4 aromatic rings. The minimum Gasteiger partial charge on any atom is -0.309 e. The van der Waals surface area contributed by atoms with Crippen molar-refractivity contribution in [2.24, 2.45) is 0 Å². The van der Waals surface area contributed by atoms with E-state index >= 15 is 0 Å². The van der Waals surface area contributed by atoms with Gasteiger partial charge < -0.3 is 9.80 Å². The Morgan fingerprint density at radius 2 is 1.94 bits per heavy atom. The van der Waals surface area contributed by atoms with E-state index in [1.807, 2.05) is 6.07 Å². The van der Waals surface area contributed by atoms with E-state index in [0.29, 0.717) is 45.7 Å². The minimum atomic E-state index is -0.719. The van der Waals surface area contributed by atoms with Crippen LogP contribution < -0.4 is 9.80 Å². The van der Waals surface area contributed by atoms with Crippen molar-refractivity contribution in [1.29, 1.82) is 5.26 Å². The van der Waals surface area contributed by atoms with Gasteiger partial charge in [-0.2, -0.15) is 10.2 Å². The molecule has 2 aromatic heterocycles. The van der Waals surface area contributed by atoms with Gasteiger partial charge in [-0.1, -0.05) is 12.6 Å². The molecule has 5 rings (SSSR count). The number of benzene rings is 2. The second-order valence-corrected chi connectivity index (χ2v) is 8.18. The predicted octanol–water partition coefficient (Wildman–Crippen LogP) is 4.40. The third kappa shape index (κ3) is 3.71. The molecular formula is C26H20FN7O. The van der Waals surface area contributed by atoms with E-state index in [1.54, 1.807) is 72.4 Å². The van der Waals surface area contributed by atoms with Gasteiger partial charge in [-0.05, 0) is 55.0 Å². The monoisotopic (exact) mass is 465 g/mol. The van der Waals surface area contributed by atoms with Gasteiger partial charge in [0, 0.05) is 30.7 Å². The van der Waals surface area contributed by atoms with Crippen LogP contribution in [0.1, 0.15) is 12.5 Å². The molecular weight excluding hydrogens is 445 g/mol. The van der Waals surface area contributed by atoms with E-state index in [1.165, 1.54) is 17.0 Å². The number of carbonyl (C=O) groups is 1. The molecule has 9 heteroatoms. The number of fused-ring (bicyclic) bond motifs is 1. The van der Waals surface area contributed by atoms with Crippen molar-refractivity contribution in [2.75, 3.05) is 16.8 Å². The molecule has 0 fully saturated rings. The fourth-order valence-electron chi connectivity index (χ4n) is 4.13. The highest BCUT2D eigenvalue weighted by molar-refractivity contribution is 6.07. The van der Waals surface area contributed by atoms with Crippen molar-refractivity contribution >= 4 is 23.1 Å². The standard InChI is InChI=1S/C26H20FN7O/c1-16(2)22-25(35)32(3)21-15-30-26(31-24(21)34(22)20-6-4-5-17(13-20)14-28)33-12-11-29-23(33)18-7-9-19(27)10-8-18/h4-13,15,22H,1H2,2-3H3. The van der Waals surface area contributed by atoms with E-state index in [0.717, 1.165) is 0 Å². The van der Waals surface area contributed by atoms with Crippen LogP contribution in [-0.4, -0.2) is 38.5 Å². The summed E-state index contributed by atoms with van der Waals surface area (Å²) in [6.07, 6.45) is 4.91. The highest BCUT2D eigenvalue weighted by Gasteiger charge is 2.39. The maximum Gasteiger partial charge on any atom is 0.254 e. The summed E-state index contributed by atoms with van der Waals surface area (Å²) in [6.45, 7) is 5.83. The Morgan fingerprint density at radius 3 is 2.66 bits per heavy atom. The molecule has 1 unspecified atom stereocenters. The van der Waals surface area contributed by atoms with Crippen molar-refractivity contribution in [3.8, 4) is 23.4 Å². The lowest BCUT2D eigenvalue weighted by molar-refractivity contribution is -0.119. The number of hydrogen-bond acceptors (Lipinski definition) is 6. The smallest absolute Gasteiger partial charge is 0.254 e. The number of anilines is 3. The van der Waals surface area contributed by atoms with E-state index < -0.39 is 6.04 Å². The van der Waals surface area contributed by atoms with E-state index in [2.05, 4.69) is 22.6 Å². The Balaban J connectivity index is 1.70. The molecule has 1 aliphatic heterocycles. The molecule has 172 valence electrons. The van der Waals surface area contributed by atoms with Crippen LogP contribution >= 0.6 is 0 Å². The van der Waals surface area contributed by atoms with Crippen LogP contribution in [-0.2, 0) is 4.79 Å². The number of halogens is 1. The number of nitriles is 1. The van der Waals surface area contributed by atoms with Crippen molar-refractivity contribution < 1.29 is 9.18 Å².